The van der Waals surface area contributed by atoms with Gasteiger partial charge in [0.1, 0.15) is 0 Å². The summed E-state index contributed by atoms with van der Waals surface area (Å²) in [4.78, 5) is 24.2. The summed E-state index contributed by atoms with van der Waals surface area (Å²) in [6.07, 6.45) is -2.71. The molecule has 1 heterocycles. The van der Waals surface area contributed by atoms with Crippen LogP contribution in [0.5, 0.6) is 0 Å². The Bertz CT molecular complexity index is 958. The van der Waals surface area contributed by atoms with Crippen LogP contribution in [-0.2, 0) is 32.6 Å². The highest BCUT2D eigenvalue weighted by Crippen LogP contribution is 2.53. The van der Waals surface area contributed by atoms with Crippen LogP contribution in [0.2, 0.25) is 0 Å². The van der Waals surface area contributed by atoms with Gasteiger partial charge in [0.15, 0.2) is 0 Å². The summed E-state index contributed by atoms with van der Waals surface area (Å²) in [6.45, 7) is 4.79. The smallest absolute Gasteiger partial charge is 0.330 e. The minimum atomic E-state index is -4.99. The Hall–Kier alpha value is -2.36. The Balaban J connectivity index is 1.80. The summed E-state index contributed by atoms with van der Waals surface area (Å²) in [5, 5.41) is 0. The fraction of sp³-hybridized carbons (Fsp3) is 0.444. The van der Waals surface area contributed by atoms with E-state index < -0.39 is 33.4 Å². The van der Waals surface area contributed by atoms with E-state index >= 15 is 0 Å². The van der Waals surface area contributed by atoms with E-state index in [1.165, 1.54) is 18.2 Å². The van der Waals surface area contributed by atoms with Crippen LogP contribution in [0, 0.1) is 11.3 Å². The Morgan fingerprint density at radius 2 is 2.00 bits per heavy atom. The minimum absolute atomic E-state index is 0.102. The van der Waals surface area contributed by atoms with Gasteiger partial charge in [0.25, 0.3) is 10.0 Å². The molecule has 2 aliphatic rings. The molecule has 0 radical (unpaired) electrons. The molecule has 1 aromatic carbocycles. The number of hydrogen-bond donors (Lipinski definition) is 1. The Labute approximate surface area is 160 Å². The van der Waals surface area contributed by atoms with Gasteiger partial charge in [-0.25, -0.2) is 13.1 Å². The third kappa shape index (κ3) is 3.65. The van der Waals surface area contributed by atoms with Crippen molar-refractivity contribution in [1.82, 2.24) is 9.62 Å². The number of carbonyl (C=O) groups is 2. The van der Waals surface area contributed by atoms with E-state index in [9.17, 15) is 31.2 Å². The molecule has 1 fully saturated rings. The van der Waals surface area contributed by atoms with E-state index in [2.05, 4.69) is 6.58 Å². The van der Waals surface area contributed by atoms with Crippen molar-refractivity contribution in [3.8, 4) is 0 Å². The van der Waals surface area contributed by atoms with Gasteiger partial charge >= 0.3 is 12.1 Å². The van der Waals surface area contributed by atoms with Crippen molar-refractivity contribution in [1.29, 1.82) is 0 Å². The van der Waals surface area contributed by atoms with Gasteiger partial charge in [0.05, 0.1) is 10.3 Å². The average Bonchev–Trinajstić information content (AvgIpc) is 3.31. The van der Waals surface area contributed by atoms with E-state index in [1.54, 1.807) is 13.0 Å². The van der Waals surface area contributed by atoms with Gasteiger partial charge in [0.2, 0.25) is 5.91 Å². The quantitative estimate of drug-likeness (QED) is 0.763. The maximum Gasteiger partial charge on any atom is 0.471 e. The molecule has 0 aromatic heterocycles. The van der Waals surface area contributed by atoms with Crippen LogP contribution in [0.15, 0.2) is 35.7 Å². The van der Waals surface area contributed by atoms with Crippen molar-refractivity contribution < 1.29 is 31.2 Å². The monoisotopic (exact) mass is 416 g/mol. The number of carbonyl (C=O) groups excluding carboxylic acids is 2. The predicted octanol–water partition coefficient (Wildman–Crippen LogP) is 2.15. The highest BCUT2D eigenvalue weighted by Gasteiger charge is 2.55. The normalized spacial score (nSPS) is 24.3. The van der Waals surface area contributed by atoms with Crippen LogP contribution >= 0.6 is 0 Å². The Morgan fingerprint density at radius 3 is 2.57 bits per heavy atom. The SMILES string of the molecule is C=C[C@@H]1C[C@]1(C)C(=O)NS(=O)(=O)c1ccc2c(c1)CN(C(=O)C(F)(F)F)CC2. The molecule has 10 heteroatoms. The number of rotatable bonds is 4. The summed E-state index contributed by atoms with van der Waals surface area (Å²) >= 11 is 0. The van der Waals surface area contributed by atoms with Gasteiger partial charge in [0, 0.05) is 13.1 Å². The van der Waals surface area contributed by atoms with Crippen LogP contribution in [0.4, 0.5) is 13.2 Å². The second kappa shape index (κ2) is 6.61. The van der Waals surface area contributed by atoms with Crippen molar-refractivity contribution in [3.05, 3.63) is 42.0 Å². The molecule has 6 nitrogen and oxygen atoms in total. The number of hydrogen-bond acceptors (Lipinski definition) is 4. The van der Waals surface area contributed by atoms with Crippen LogP contribution < -0.4 is 4.72 Å². The van der Waals surface area contributed by atoms with E-state index in [0.717, 1.165) is 0 Å². The third-order valence-electron chi connectivity index (χ3n) is 5.36. The maximum atomic E-state index is 12.7. The molecular formula is C18H19F3N2O4S. The van der Waals surface area contributed by atoms with Gasteiger partial charge in [-0.1, -0.05) is 19.1 Å². The number of amides is 2. The fourth-order valence-electron chi connectivity index (χ4n) is 3.35. The lowest BCUT2D eigenvalue weighted by molar-refractivity contribution is -0.186. The number of sulfonamides is 1. The molecule has 0 bridgehead atoms. The first-order chi connectivity index (χ1) is 12.9. The highest BCUT2D eigenvalue weighted by atomic mass is 32.2. The lowest BCUT2D eigenvalue weighted by atomic mass is 10.00. The molecule has 1 saturated carbocycles. The molecule has 2 atom stereocenters. The topological polar surface area (TPSA) is 83.6 Å². The van der Waals surface area contributed by atoms with Crippen LogP contribution in [0.25, 0.3) is 0 Å². The first kappa shape index (κ1) is 20.4. The Morgan fingerprint density at radius 1 is 1.32 bits per heavy atom. The molecule has 1 aliphatic carbocycles. The van der Waals surface area contributed by atoms with Crippen molar-refractivity contribution in [2.24, 2.45) is 11.3 Å². The number of fused-ring (bicyclic) bond motifs is 1. The van der Waals surface area contributed by atoms with Crippen molar-refractivity contribution >= 4 is 21.8 Å². The summed E-state index contributed by atoms with van der Waals surface area (Å²) in [6, 6.07) is 4.01. The minimum Gasteiger partial charge on any atom is -0.330 e. The van der Waals surface area contributed by atoms with Crippen molar-refractivity contribution in [3.63, 3.8) is 0 Å². The average molecular weight is 416 g/mol. The third-order valence-corrected chi connectivity index (χ3v) is 6.69. The predicted molar refractivity (Wildman–Crippen MR) is 93.4 cm³/mol. The van der Waals surface area contributed by atoms with Crippen molar-refractivity contribution in [2.45, 2.75) is 37.4 Å². The van der Waals surface area contributed by atoms with E-state index in [1.807, 2.05) is 4.72 Å². The first-order valence-electron chi connectivity index (χ1n) is 8.56. The highest BCUT2D eigenvalue weighted by molar-refractivity contribution is 7.90. The largest absolute Gasteiger partial charge is 0.471 e. The van der Waals surface area contributed by atoms with E-state index in [-0.39, 0.29) is 30.3 Å². The molecule has 0 unspecified atom stereocenters. The number of allylic oxidation sites excluding steroid dienone is 1. The van der Waals surface area contributed by atoms with Crippen molar-refractivity contribution in [2.75, 3.05) is 6.54 Å². The molecular weight excluding hydrogens is 397 g/mol. The number of benzene rings is 1. The molecule has 0 spiro atoms. The van der Waals surface area contributed by atoms with Gasteiger partial charge in [-0.15, -0.1) is 6.58 Å². The molecule has 0 saturated heterocycles. The number of halogens is 3. The molecule has 1 N–H and O–H groups in total. The maximum absolute atomic E-state index is 12.7. The molecule has 1 aromatic rings. The Kier molecular flexibility index (Phi) is 4.81. The summed E-state index contributed by atoms with van der Waals surface area (Å²) in [5.74, 6) is -2.71. The lowest BCUT2D eigenvalue weighted by Crippen LogP contribution is -2.43. The number of nitrogens with zero attached hydrogens (tertiary/aromatic N) is 1. The first-order valence-corrected chi connectivity index (χ1v) is 10.0. The molecule has 2 amide bonds. The summed E-state index contributed by atoms with van der Waals surface area (Å²) in [5.41, 5.74) is 0.136. The second-order valence-electron chi connectivity index (χ2n) is 7.30. The van der Waals surface area contributed by atoms with Gasteiger partial charge < -0.3 is 4.90 Å². The fourth-order valence-corrected chi connectivity index (χ4v) is 4.49. The molecule has 1 aliphatic heterocycles. The van der Waals surface area contributed by atoms with Gasteiger partial charge in [-0.05, 0) is 42.0 Å². The molecule has 28 heavy (non-hydrogen) atoms. The number of alkyl halides is 3. The number of nitrogens with one attached hydrogen (secondary N) is 1. The van der Waals surface area contributed by atoms with Gasteiger partial charge in [-0.2, -0.15) is 13.2 Å². The summed E-state index contributed by atoms with van der Waals surface area (Å²) < 4.78 is 65.1. The van der Waals surface area contributed by atoms with Crippen LogP contribution in [0.1, 0.15) is 24.5 Å². The second-order valence-corrected chi connectivity index (χ2v) is 8.99. The van der Waals surface area contributed by atoms with E-state index in [4.69, 9.17) is 0 Å². The van der Waals surface area contributed by atoms with Crippen LogP contribution in [0.3, 0.4) is 0 Å². The van der Waals surface area contributed by atoms with Crippen LogP contribution in [-0.4, -0.2) is 37.9 Å². The lowest BCUT2D eigenvalue weighted by Gasteiger charge is -2.29. The van der Waals surface area contributed by atoms with Gasteiger partial charge in [-0.3, -0.25) is 9.59 Å². The molecule has 3 rings (SSSR count). The zero-order chi connectivity index (χ0) is 20.9. The zero-order valence-corrected chi connectivity index (χ0v) is 15.9. The summed E-state index contributed by atoms with van der Waals surface area (Å²) in [7, 11) is -4.19. The standard InChI is InChI=1S/C18H19F3N2O4S/c1-3-13-9-17(13,2)15(24)22-28(26,27)14-5-4-11-6-7-23(10-12(11)8-14)16(25)18(19,20)21/h3-5,8,13H,1,6-7,9-10H2,2H3,(H,22,24)/t13-,17+/m1/s1. The molecule has 152 valence electrons. The van der Waals surface area contributed by atoms with E-state index in [0.29, 0.717) is 22.4 Å². The zero-order valence-electron chi connectivity index (χ0n) is 15.0.